The summed E-state index contributed by atoms with van der Waals surface area (Å²) in [6.07, 6.45) is 0. The molecule has 2 aromatic rings. The van der Waals surface area contributed by atoms with Gasteiger partial charge in [0.25, 0.3) is 0 Å². The van der Waals surface area contributed by atoms with Crippen molar-refractivity contribution in [2.45, 2.75) is 18.9 Å². The molecule has 1 fully saturated rings. The molecular formula is C18H22N2. The average molecular weight is 266 g/mol. The van der Waals surface area contributed by atoms with Crippen LogP contribution in [-0.2, 0) is 0 Å². The molecule has 0 amide bonds. The first kappa shape index (κ1) is 13.2. The summed E-state index contributed by atoms with van der Waals surface area (Å²) in [6, 6.07) is 20.1. The monoisotopic (exact) mass is 266 g/mol. The predicted octanol–water partition coefficient (Wildman–Crippen LogP) is 3.57. The van der Waals surface area contributed by atoms with E-state index in [1.165, 1.54) is 16.8 Å². The van der Waals surface area contributed by atoms with Gasteiger partial charge in [-0.05, 0) is 37.2 Å². The average Bonchev–Trinajstić information content (AvgIpc) is 2.46. The molecule has 20 heavy (non-hydrogen) atoms. The van der Waals surface area contributed by atoms with Crippen molar-refractivity contribution < 1.29 is 0 Å². The molecule has 2 nitrogen and oxygen atoms in total. The third kappa shape index (κ3) is 2.56. The van der Waals surface area contributed by atoms with Crippen LogP contribution in [0.15, 0.2) is 54.6 Å². The third-order valence-corrected chi connectivity index (χ3v) is 4.32. The van der Waals surface area contributed by atoms with Crippen LogP contribution >= 0.6 is 0 Å². The highest BCUT2D eigenvalue weighted by Crippen LogP contribution is 2.32. The van der Waals surface area contributed by atoms with E-state index in [2.05, 4.69) is 71.7 Å². The Morgan fingerprint density at radius 2 is 1.80 bits per heavy atom. The maximum Gasteiger partial charge on any atom is 0.0369 e. The highest BCUT2D eigenvalue weighted by molar-refractivity contribution is 5.53. The Balaban J connectivity index is 1.68. The number of rotatable bonds is 4. The molecule has 1 N–H and O–H groups in total. The molecule has 2 heteroatoms. The van der Waals surface area contributed by atoms with Crippen LogP contribution in [0.4, 0.5) is 5.69 Å². The molecule has 0 aliphatic carbocycles. The van der Waals surface area contributed by atoms with E-state index in [9.17, 15) is 0 Å². The summed E-state index contributed by atoms with van der Waals surface area (Å²) in [5, 5.41) is 3.30. The lowest BCUT2D eigenvalue weighted by molar-refractivity contribution is 0.524. The Morgan fingerprint density at radius 1 is 1.05 bits per heavy atom. The number of hydrogen-bond donors (Lipinski definition) is 1. The molecule has 0 saturated carbocycles. The summed E-state index contributed by atoms with van der Waals surface area (Å²) in [7, 11) is 2.01. The van der Waals surface area contributed by atoms with Crippen molar-refractivity contribution in [3.63, 3.8) is 0 Å². The topological polar surface area (TPSA) is 15.3 Å². The SMILES string of the molecule is CNC(C)c1cccc(N2CC(c3ccccc3)C2)c1. The Morgan fingerprint density at radius 3 is 2.50 bits per heavy atom. The minimum absolute atomic E-state index is 0.404. The number of nitrogens with one attached hydrogen (secondary N) is 1. The zero-order valence-corrected chi connectivity index (χ0v) is 12.2. The Kier molecular flexibility index (Phi) is 3.75. The van der Waals surface area contributed by atoms with E-state index in [4.69, 9.17) is 0 Å². The van der Waals surface area contributed by atoms with Crippen LogP contribution < -0.4 is 10.2 Å². The second-order valence-electron chi connectivity index (χ2n) is 5.62. The van der Waals surface area contributed by atoms with Gasteiger partial charge in [0, 0.05) is 30.7 Å². The fourth-order valence-corrected chi connectivity index (χ4v) is 2.78. The van der Waals surface area contributed by atoms with Gasteiger partial charge in [-0.3, -0.25) is 0 Å². The van der Waals surface area contributed by atoms with E-state index in [1.807, 2.05) is 7.05 Å². The Bertz CT molecular complexity index is 559. The first-order valence-electron chi connectivity index (χ1n) is 7.35. The van der Waals surface area contributed by atoms with Crippen LogP contribution in [0.3, 0.4) is 0 Å². The molecule has 3 rings (SSSR count). The molecule has 104 valence electrons. The van der Waals surface area contributed by atoms with Gasteiger partial charge in [-0.2, -0.15) is 0 Å². The predicted molar refractivity (Wildman–Crippen MR) is 85.3 cm³/mol. The summed E-state index contributed by atoms with van der Waals surface area (Å²) in [4.78, 5) is 2.46. The molecule has 1 aliphatic rings. The van der Waals surface area contributed by atoms with Gasteiger partial charge < -0.3 is 10.2 Å². The molecule has 1 saturated heterocycles. The van der Waals surface area contributed by atoms with Crippen LogP contribution in [-0.4, -0.2) is 20.1 Å². The van der Waals surface area contributed by atoms with Crippen LogP contribution in [0.25, 0.3) is 0 Å². The first-order chi connectivity index (χ1) is 9.78. The van der Waals surface area contributed by atoms with Crippen molar-refractivity contribution in [3.05, 3.63) is 65.7 Å². The zero-order chi connectivity index (χ0) is 13.9. The summed E-state index contributed by atoms with van der Waals surface area (Å²) in [6.45, 7) is 4.45. The van der Waals surface area contributed by atoms with E-state index >= 15 is 0 Å². The van der Waals surface area contributed by atoms with Crippen LogP contribution in [0.2, 0.25) is 0 Å². The summed E-state index contributed by atoms with van der Waals surface area (Å²) in [5.41, 5.74) is 4.16. The second-order valence-corrected chi connectivity index (χ2v) is 5.62. The third-order valence-electron chi connectivity index (χ3n) is 4.32. The molecule has 0 radical (unpaired) electrons. The minimum Gasteiger partial charge on any atom is -0.370 e. The lowest BCUT2D eigenvalue weighted by Gasteiger charge is -2.41. The standard InChI is InChI=1S/C18H22N2/c1-14(19-2)16-9-6-10-18(11-16)20-12-17(13-20)15-7-4-3-5-8-15/h3-11,14,17,19H,12-13H2,1-2H3. The second kappa shape index (κ2) is 5.68. The number of benzene rings is 2. The van der Waals surface area contributed by atoms with Gasteiger partial charge in [0.2, 0.25) is 0 Å². The summed E-state index contributed by atoms with van der Waals surface area (Å²) >= 11 is 0. The highest BCUT2D eigenvalue weighted by Gasteiger charge is 2.28. The summed E-state index contributed by atoms with van der Waals surface area (Å²) < 4.78 is 0. The van der Waals surface area contributed by atoms with Crippen molar-refractivity contribution in [1.82, 2.24) is 5.32 Å². The fourth-order valence-electron chi connectivity index (χ4n) is 2.78. The molecule has 1 unspecified atom stereocenters. The van der Waals surface area contributed by atoms with Gasteiger partial charge in [-0.25, -0.2) is 0 Å². The van der Waals surface area contributed by atoms with Gasteiger partial charge in [0.15, 0.2) is 0 Å². The van der Waals surface area contributed by atoms with Crippen molar-refractivity contribution in [2.75, 3.05) is 25.0 Å². The fraction of sp³-hybridized carbons (Fsp3) is 0.333. The first-order valence-corrected chi connectivity index (χ1v) is 7.35. The Labute approximate surface area is 121 Å². The largest absolute Gasteiger partial charge is 0.370 e. The maximum atomic E-state index is 3.30. The lowest BCUT2D eigenvalue weighted by Crippen LogP contribution is -2.45. The van der Waals surface area contributed by atoms with E-state index in [0.29, 0.717) is 12.0 Å². The van der Waals surface area contributed by atoms with Crippen molar-refractivity contribution in [1.29, 1.82) is 0 Å². The van der Waals surface area contributed by atoms with Crippen LogP contribution in [0.5, 0.6) is 0 Å². The molecule has 1 atom stereocenters. The van der Waals surface area contributed by atoms with Gasteiger partial charge in [-0.15, -0.1) is 0 Å². The quantitative estimate of drug-likeness (QED) is 0.910. The zero-order valence-electron chi connectivity index (χ0n) is 12.2. The van der Waals surface area contributed by atoms with Crippen molar-refractivity contribution in [3.8, 4) is 0 Å². The van der Waals surface area contributed by atoms with Crippen LogP contribution in [0.1, 0.15) is 30.0 Å². The van der Waals surface area contributed by atoms with E-state index in [-0.39, 0.29) is 0 Å². The smallest absolute Gasteiger partial charge is 0.0369 e. The molecular weight excluding hydrogens is 244 g/mol. The molecule has 1 aliphatic heterocycles. The number of anilines is 1. The Hall–Kier alpha value is -1.80. The lowest BCUT2D eigenvalue weighted by atomic mass is 9.91. The molecule has 1 heterocycles. The summed E-state index contributed by atoms with van der Waals surface area (Å²) in [5.74, 6) is 0.682. The van der Waals surface area contributed by atoms with Gasteiger partial charge >= 0.3 is 0 Å². The van der Waals surface area contributed by atoms with Gasteiger partial charge in [0.05, 0.1) is 0 Å². The van der Waals surface area contributed by atoms with E-state index in [1.54, 1.807) is 0 Å². The van der Waals surface area contributed by atoms with Crippen molar-refractivity contribution in [2.24, 2.45) is 0 Å². The molecule has 2 aromatic carbocycles. The number of hydrogen-bond acceptors (Lipinski definition) is 2. The van der Waals surface area contributed by atoms with Crippen LogP contribution in [0, 0.1) is 0 Å². The maximum absolute atomic E-state index is 3.30. The normalized spacial score (nSPS) is 16.8. The molecule has 0 spiro atoms. The van der Waals surface area contributed by atoms with E-state index < -0.39 is 0 Å². The van der Waals surface area contributed by atoms with Gasteiger partial charge in [-0.1, -0.05) is 42.5 Å². The van der Waals surface area contributed by atoms with Crippen molar-refractivity contribution >= 4 is 5.69 Å². The van der Waals surface area contributed by atoms with Gasteiger partial charge in [0.1, 0.15) is 0 Å². The molecule has 0 aromatic heterocycles. The minimum atomic E-state index is 0.404. The number of nitrogens with zero attached hydrogens (tertiary/aromatic N) is 1. The molecule has 0 bridgehead atoms. The highest BCUT2D eigenvalue weighted by atomic mass is 15.2. The van der Waals surface area contributed by atoms with E-state index in [0.717, 1.165) is 13.1 Å².